The molecule has 3 aromatic rings. The molecule has 1 amide bonds. The number of carbonyl (C=O) groups excluding carboxylic acids is 1. The van der Waals surface area contributed by atoms with Gasteiger partial charge in [-0.25, -0.2) is 9.97 Å². The number of hydrogen-bond donors (Lipinski definition) is 2. The zero-order valence-corrected chi connectivity index (χ0v) is 13.7. The van der Waals surface area contributed by atoms with Crippen molar-refractivity contribution in [2.45, 2.75) is 6.92 Å². The van der Waals surface area contributed by atoms with Gasteiger partial charge in [-0.05, 0) is 42.8 Å². The first-order chi connectivity index (χ1) is 11.6. The molecule has 0 saturated heterocycles. The van der Waals surface area contributed by atoms with Gasteiger partial charge < -0.3 is 10.6 Å². The molecular formula is C18H15ClN4O. The summed E-state index contributed by atoms with van der Waals surface area (Å²) in [5.41, 5.74) is 2.72. The lowest BCUT2D eigenvalue weighted by molar-refractivity contribution is 0.102. The molecule has 6 heteroatoms. The van der Waals surface area contributed by atoms with Crippen LogP contribution in [0.2, 0.25) is 5.02 Å². The molecule has 0 radical (unpaired) electrons. The van der Waals surface area contributed by atoms with Crippen LogP contribution in [0.3, 0.4) is 0 Å². The number of para-hydroxylation sites is 1. The van der Waals surface area contributed by atoms with Crippen molar-refractivity contribution < 1.29 is 4.79 Å². The standard InChI is InChI=1S/C18H15ClN4O/c1-12-7-8-14(11-15(12)19)22-18-20-10-9-16(23-18)17(24)21-13-5-3-2-4-6-13/h2-11H,1H3,(H,21,24)(H,20,22,23). The predicted octanol–water partition coefficient (Wildman–Crippen LogP) is 4.43. The highest BCUT2D eigenvalue weighted by atomic mass is 35.5. The quantitative estimate of drug-likeness (QED) is 0.738. The molecular weight excluding hydrogens is 324 g/mol. The predicted molar refractivity (Wildman–Crippen MR) is 95.9 cm³/mol. The number of aryl methyl sites for hydroxylation is 1. The molecule has 3 rings (SSSR count). The highest BCUT2D eigenvalue weighted by Gasteiger charge is 2.09. The molecule has 0 aliphatic rings. The average molecular weight is 339 g/mol. The minimum Gasteiger partial charge on any atom is -0.324 e. The summed E-state index contributed by atoms with van der Waals surface area (Å²) in [5, 5.41) is 6.48. The van der Waals surface area contributed by atoms with Gasteiger partial charge in [0.05, 0.1) is 0 Å². The molecule has 0 aliphatic carbocycles. The monoisotopic (exact) mass is 338 g/mol. The Hall–Kier alpha value is -2.92. The van der Waals surface area contributed by atoms with Crippen molar-refractivity contribution in [2.24, 2.45) is 0 Å². The van der Waals surface area contributed by atoms with E-state index in [0.29, 0.717) is 16.7 Å². The van der Waals surface area contributed by atoms with E-state index < -0.39 is 0 Å². The molecule has 2 N–H and O–H groups in total. The Kier molecular flexibility index (Phi) is 4.72. The van der Waals surface area contributed by atoms with Gasteiger partial charge >= 0.3 is 0 Å². The van der Waals surface area contributed by atoms with Crippen LogP contribution in [0.5, 0.6) is 0 Å². The number of hydrogen-bond acceptors (Lipinski definition) is 4. The SMILES string of the molecule is Cc1ccc(Nc2nccc(C(=O)Nc3ccccc3)n2)cc1Cl. The molecule has 1 aromatic heterocycles. The molecule has 0 spiro atoms. The summed E-state index contributed by atoms with van der Waals surface area (Å²) in [7, 11) is 0. The Balaban J connectivity index is 1.76. The molecule has 120 valence electrons. The molecule has 0 atom stereocenters. The molecule has 1 heterocycles. The van der Waals surface area contributed by atoms with Crippen molar-refractivity contribution in [3.63, 3.8) is 0 Å². The molecule has 0 saturated carbocycles. The maximum absolute atomic E-state index is 12.3. The largest absolute Gasteiger partial charge is 0.324 e. The Morgan fingerprint density at radius 2 is 1.83 bits per heavy atom. The van der Waals surface area contributed by atoms with E-state index in [0.717, 1.165) is 11.3 Å². The maximum atomic E-state index is 12.3. The van der Waals surface area contributed by atoms with Crippen LogP contribution in [0.15, 0.2) is 60.8 Å². The van der Waals surface area contributed by atoms with E-state index in [9.17, 15) is 4.79 Å². The Morgan fingerprint density at radius 3 is 2.58 bits per heavy atom. The number of halogens is 1. The first-order valence-corrected chi connectivity index (χ1v) is 7.72. The number of benzene rings is 2. The van der Waals surface area contributed by atoms with E-state index >= 15 is 0 Å². The lowest BCUT2D eigenvalue weighted by atomic mass is 10.2. The third-order valence-corrected chi connectivity index (χ3v) is 3.76. The van der Waals surface area contributed by atoms with Gasteiger partial charge in [0.1, 0.15) is 5.69 Å². The van der Waals surface area contributed by atoms with Gasteiger partial charge in [0.15, 0.2) is 0 Å². The van der Waals surface area contributed by atoms with Gasteiger partial charge in [-0.3, -0.25) is 4.79 Å². The van der Waals surface area contributed by atoms with Gasteiger partial charge in [0.25, 0.3) is 5.91 Å². The molecule has 24 heavy (non-hydrogen) atoms. The number of carbonyl (C=O) groups is 1. The van der Waals surface area contributed by atoms with Gasteiger partial charge in [-0.15, -0.1) is 0 Å². The second-order valence-corrected chi connectivity index (χ2v) is 5.58. The smallest absolute Gasteiger partial charge is 0.274 e. The van der Waals surface area contributed by atoms with E-state index in [2.05, 4.69) is 20.6 Å². The summed E-state index contributed by atoms with van der Waals surface area (Å²) in [6.45, 7) is 1.93. The molecule has 0 unspecified atom stereocenters. The lowest BCUT2D eigenvalue weighted by Crippen LogP contribution is -2.14. The van der Waals surface area contributed by atoms with E-state index in [1.807, 2.05) is 49.4 Å². The minimum atomic E-state index is -0.298. The summed E-state index contributed by atoms with van der Waals surface area (Å²) >= 11 is 6.11. The molecule has 5 nitrogen and oxygen atoms in total. The van der Waals surface area contributed by atoms with Crippen LogP contribution in [-0.4, -0.2) is 15.9 Å². The van der Waals surface area contributed by atoms with Gasteiger partial charge in [-0.2, -0.15) is 0 Å². The Labute approximate surface area is 144 Å². The van der Waals surface area contributed by atoms with Crippen LogP contribution < -0.4 is 10.6 Å². The Bertz CT molecular complexity index is 868. The van der Waals surface area contributed by atoms with Gasteiger partial charge in [0.2, 0.25) is 5.95 Å². The van der Waals surface area contributed by atoms with E-state index in [1.165, 1.54) is 6.20 Å². The lowest BCUT2D eigenvalue weighted by Gasteiger charge is -2.08. The van der Waals surface area contributed by atoms with Gasteiger partial charge in [0, 0.05) is 22.6 Å². The van der Waals surface area contributed by atoms with Crippen LogP contribution in [0, 0.1) is 6.92 Å². The minimum absolute atomic E-state index is 0.273. The fourth-order valence-electron chi connectivity index (χ4n) is 2.06. The summed E-state index contributed by atoms with van der Waals surface area (Å²) in [5.74, 6) is 0.0317. The van der Waals surface area contributed by atoms with Crippen LogP contribution in [0.1, 0.15) is 16.1 Å². The van der Waals surface area contributed by atoms with Crippen LogP contribution in [0.4, 0.5) is 17.3 Å². The van der Waals surface area contributed by atoms with Crippen LogP contribution in [0.25, 0.3) is 0 Å². The number of rotatable bonds is 4. The fraction of sp³-hybridized carbons (Fsp3) is 0.0556. The topological polar surface area (TPSA) is 66.9 Å². The van der Waals surface area contributed by atoms with E-state index in [-0.39, 0.29) is 11.6 Å². The van der Waals surface area contributed by atoms with Crippen molar-refractivity contribution in [3.05, 3.63) is 77.1 Å². The van der Waals surface area contributed by atoms with Crippen molar-refractivity contribution in [1.29, 1.82) is 0 Å². The number of nitrogens with zero attached hydrogens (tertiary/aromatic N) is 2. The first-order valence-electron chi connectivity index (χ1n) is 7.34. The fourth-order valence-corrected chi connectivity index (χ4v) is 2.24. The van der Waals surface area contributed by atoms with Crippen molar-refractivity contribution in [3.8, 4) is 0 Å². The number of nitrogens with one attached hydrogen (secondary N) is 2. The Morgan fingerprint density at radius 1 is 1.04 bits per heavy atom. The molecule has 0 aliphatic heterocycles. The van der Waals surface area contributed by atoms with Crippen molar-refractivity contribution in [2.75, 3.05) is 10.6 Å². The van der Waals surface area contributed by atoms with E-state index in [4.69, 9.17) is 11.6 Å². The average Bonchev–Trinajstić information content (AvgIpc) is 2.59. The zero-order chi connectivity index (χ0) is 16.9. The second kappa shape index (κ2) is 7.10. The maximum Gasteiger partial charge on any atom is 0.274 e. The first kappa shape index (κ1) is 16.0. The summed E-state index contributed by atoms with van der Waals surface area (Å²) in [6.07, 6.45) is 1.53. The third-order valence-electron chi connectivity index (χ3n) is 3.35. The molecule has 2 aromatic carbocycles. The molecule has 0 fully saturated rings. The summed E-state index contributed by atoms with van der Waals surface area (Å²) < 4.78 is 0. The zero-order valence-electron chi connectivity index (χ0n) is 13.0. The third kappa shape index (κ3) is 3.88. The van der Waals surface area contributed by atoms with Crippen molar-refractivity contribution in [1.82, 2.24) is 9.97 Å². The second-order valence-electron chi connectivity index (χ2n) is 5.17. The summed E-state index contributed by atoms with van der Waals surface area (Å²) in [4.78, 5) is 20.6. The van der Waals surface area contributed by atoms with E-state index in [1.54, 1.807) is 12.1 Å². The van der Waals surface area contributed by atoms with Crippen molar-refractivity contribution >= 4 is 34.8 Å². The van der Waals surface area contributed by atoms with Crippen LogP contribution in [-0.2, 0) is 0 Å². The number of aromatic nitrogens is 2. The summed E-state index contributed by atoms with van der Waals surface area (Å²) in [6, 6.07) is 16.3. The molecule has 0 bridgehead atoms. The number of anilines is 3. The number of amides is 1. The van der Waals surface area contributed by atoms with Gasteiger partial charge in [-0.1, -0.05) is 35.9 Å². The van der Waals surface area contributed by atoms with Crippen LogP contribution >= 0.6 is 11.6 Å². The highest BCUT2D eigenvalue weighted by molar-refractivity contribution is 6.31. The normalized spacial score (nSPS) is 10.2. The highest BCUT2D eigenvalue weighted by Crippen LogP contribution is 2.21.